The van der Waals surface area contributed by atoms with Gasteiger partial charge in [0.15, 0.2) is 0 Å². The van der Waals surface area contributed by atoms with E-state index in [-0.39, 0.29) is 23.1 Å². The minimum atomic E-state index is -4.42. The van der Waals surface area contributed by atoms with Crippen molar-refractivity contribution in [1.82, 2.24) is 14.8 Å². The van der Waals surface area contributed by atoms with Crippen molar-refractivity contribution in [2.75, 3.05) is 11.1 Å². The minimum absolute atomic E-state index is 0.0149. The van der Waals surface area contributed by atoms with Crippen LogP contribution in [-0.4, -0.2) is 20.3 Å². The molecule has 0 amide bonds. The number of benzene rings is 1. The van der Waals surface area contributed by atoms with Gasteiger partial charge in [-0.1, -0.05) is 6.07 Å². The summed E-state index contributed by atoms with van der Waals surface area (Å²) in [6, 6.07) is 4.76. The number of halogens is 3. The van der Waals surface area contributed by atoms with Crippen LogP contribution in [-0.2, 0) is 6.18 Å². The van der Waals surface area contributed by atoms with E-state index in [2.05, 4.69) is 15.4 Å². The van der Waals surface area contributed by atoms with Gasteiger partial charge in [-0.25, -0.2) is 0 Å². The highest BCUT2D eigenvalue weighted by Gasteiger charge is 2.30. The zero-order chi connectivity index (χ0) is 15.8. The Morgan fingerprint density at radius 3 is 2.43 bits per heavy atom. The molecule has 0 saturated heterocycles. The van der Waals surface area contributed by atoms with Crippen molar-refractivity contribution in [2.45, 2.75) is 32.5 Å². The predicted molar refractivity (Wildman–Crippen MR) is 74.1 cm³/mol. The molecule has 0 fully saturated rings. The Kier molecular flexibility index (Phi) is 3.56. The molecule has 3 N–H and O–H groups in total. The topological polar surface area (TPSA) is 68.8 Å². The molecule has 0 aliphatic carbocycles. The Balaban J connectivity index is 2.39. The Labute approximate surface area is 120 Å². The van der Waals surface area contributed by atoms with E-state index < -0.39 is 11.7 Å². The van der Waals surface area contributed by atoms with Gasteiger partial charge in [0.1, 0.15) is 0 Å². The van der Waals surface area contributed by atoms with Crippen molar-refractivity contribution < 1.29 is 13.2 Å². The second-order valence-electron chi connectivity index (χ2n) is 5.63. The van der Waals surface area contributed by atoms with Crippen LogP contribution in [0.2, 0.25) is 0 Å². The number of aromatic nitrogens is 3. The minimum Gasteiger partial charge on any atom is -0.368 e. The summed E-state index contributed by atoms with van der Waals surface area (Å²) in [5.74, 6) is 0.276. The lowest BCUT2D eigenvalue weighted by atomic mass is 10.1. The van der Waals surface area contributed by atoms with E-state index in [1.165, 1.54) is 16.8 Å². The molecule has 0 radical (unpaired) electrons. The smallest absolute Gasteiger partial charge is 0.368 e. The summed E-state index contributed by atoms with van der Waals surface area (Å²) in [6.07, 6.45) is -4.42. The summed E-state index contributed by atoms with van der Waals surface area (Å²) in [5, 5.41) is 7.10. The molecule has 0 atom stereocenters. The van der Waals surface area contributed by atoms with Gasteiger partial charge in [0.25, 0.3) is 0 Å². The zero-order valence-electron chi connectivity index (χ0n) is 11.9. The van der Waals surface area contributed by atoms with E-state index in [0.29, 0.717) is 0 Å². The summed E-state index contributed by atoms with van der Waals surface area (Å²) < 4.78 is 39.3. The SMILES string of the molecule is CC(C)(C)Nc1nc(N)n(-c2cccc(C(F)(F)F)c2)n1. The van der Waals surface area contributed by atoms with E-state index in [1.807, 2.05) is 20.8 Å². The van der Waals surface area contributed by atoms with E-state index in [9.17, 15) is 13.2 Å². The van der Waals surface area contributed by atoms with Gasteiger partial charge in [-0.2, -0.15) is 22.8 Å². The molecule has 0 aliphatic heterocycles. The van der Waals surface area contributed by atoms with Crippen LogP contribution in [0.4, 0.5) is 25.1 Å². The number of anilines is 2. The maximum absolute atomic E-state index is 12.7. The van der Waals surface area contributed by atoms with Crippen molar-refractivity contribution >= 4 is 11.9 Å². The number of rotatable bonds is 2. The number of nitrogen functional groups attached to an aromatic ring is 1. The second-order valence-corrected chi connectivity index (χ2v) is 5.63. The number of nitrogens with one attached hydrogen (secondary N) is 1. The molecular formula is C13H16F3N5. The standard InChI is InChI=1S/C13H16F3N5/c1-12(2,3)19-11-18-10(17)21(20-11)9-6-4-5-8(7-9)13(14,15)16/h4-7H,1-3H3,(H3,17,18,19,20). The van der Waals surface area contributed by atoms with Crippen LogP contribution in [0.5, 0.6) is 0 Å². The molecule has 21 heavy (non-hydrogen) atoms. The first-order chi connectivity index (χ1) is 9.56. The number of hydrogen-bond donors (Lipinski definition) is 2. The van der Waals surface area contributed by atoms with E-state index in [1.54, 1.807) is 0 Å². The average Bonchev–Trinajstić information content (AvgIpc) is 2.67. The summed E-state index contributed by atoms with van der Waals surface area (Å²) in [4.78, 5) is 4.00. The first-order valence-electron chi connectivity index (χ1n) is 6.25. The van der Waals surface area contributed by atoms with Crippen LogP contribution in [0.3, 0.4) is 0 Å². The van der Waals surface area contributed by atoms with Crippen LogP contribution in [0.15, 0.2) is 24.3 Å². The molecule has 114 valence electrons. The quantitative estimate of drug-likeness (QED) is 0.894. The largest absolute Gasteiger partial charge is 0.416 e. The van der Waals surface area contributed by atoms with Crippen molar-refractivity contribution in [1.29, 1.82) is 0 Å². The highest BCUT2D eigenvalue weighted by Crippen LogP contribution is 2.30. The van der Waals surface area contributed by atoms with Crippen LogP contribution in [0.25, 0.3) is 5.69 Å². The van der Waals surface area contributed by atoms with Gasteiger partial charge in [-0.3, -0.25) is 0 Å². The fraction of sp³-hybridized carbons (Fsp3) is 0.385. The molecule has 1 heterocycles. The molecule has 0 saturated carbocycles. The van der Waals surface area contributed by atoms with Crippen molar-refractivity contribution in [3.8, 4) is 5.69 Å². The molecule has 0 bridgehead atoms. The Hall–Kier alpha value is -2.25. The molecule has 0 unspecified atom stereocenters. The maximum Gasteiger partial charge on any atom is 0.416 e. The lowest BCUT2D eigenvalue weighted by Gasteiger charge is -2.18. The first kappa shape index (κ1) is 15.1. The molecule has 2 rings (SSSR count). The summed E-state index contributed by atoms with van der Waals surface area (Å²) >= 11 is 0. The Bertz CT molecular complexity index is 640. The second kappa shape index (κ2) is 4.94. The highest BCUT2D eigenvalue weighted by atomic mass is 19.4. The number of nitrogens with two attached hydrogens (primary N) is 1. The summed E-state index contributed by atoms with van der Waals surface area (Å²) in [6.45, 7) is 5.73. The van der Waals surface area contributed by atoms with Crippen LogP contribution >= 0.6 is 0 Å². The number of hydrogen-bond acceptors (Lipinski definition) is 4. The maximum atomic E-state index is 12.7. The normalized spacial score (nSPS) is 12.5. The van der Waals surface area contributed by atoms with Crippen molar-refractivity contribution in [3.05, 3.63) is 29.8 Å². The average molecular weight is 299 g/mol. The van der Waals surface area contributed by atoms with Gasteiger partial charge in [0, 0.05) is 5.54 Å². The van der Waals surface area contributed by atoms with E-state index in [0.717, 1.165) is 12.1 Å². The number of alkyl halides is 3. The molecule has 8 heteroatoms. The van der Waals surface area contributed by atoms with Gasteiger partial charge in [0.05, 0.1) is 11.3 Å². The molecule has 1 aromatic carbocycles. The van der Waals surface area contributed by atoms with Gasteiger partial charge < -0.3 is 11.1 Å². The Morgan fingerprint density at radius 2 is 1.86 bits per heavy atom. The van der Waals surface area contributed by atoms with Crippen molar-refractivity contribution in [3.63, 3.8) is 0 Å². The molecule has 1 aromatic heterocycles. The molecule has 0 aliphatic rings. The Morgan fingerprint density at radius 1 is 1.19 bits per heavy atom. The van der Waals surface area contributed by atoms with Gasteiger partial charge in [0.2, 0.25) is 11.9 Å². The fourth-order valence-electron chi connectivity index (χ4n) is 1.72. The van der Waals surface area contributed by atoms with E-state index >= 15 is 0 Å². The van der Waals surface area contributed by atoms with Crippen LogP contribution in [0.1, 0.15) is 26.3 Å². The molecule has 0 spiro atoms. The third-order valence-electron chi connectivity index (χ3n) is 2.54. The third kappa shape index (κ3) is 3.65. The van der Waals surface area contributed by atoms with Gasteiger partial charge in [-0.15, -0.1) is 5.10 Å². The van der Waals surface area contributed by atoms with E-state index in [4.69, 9.17) is 5.73 Å². The van der Waals surface area contributed by atoms with Crippen molar-refractivity contribution in [2.24, 2.45) is 0 Å². The molecular weight excluding hydrogens is 283 g/mol. The van der Waals surface area contributed by atoms with Gasteiger partial charge >= 0.3 is 6.18 Å². The lowest BCUT2D eigenvalue weighted by Crippen LogP contribution is -2.26. The molecule has 2 aromatic rings. The van der Waals surface area contributed by atoms with Gasteiger partial charge in [-0.05, 0) is 39.0 Å². The van der Waals surface area contributed by atoms with Crippen LogP contribution < -0.4 is 11.1 Å². The van der Waals surface area contributed by atoms with Crippen LogP contribution in [0, 0.1) is 0 Å². The summed E-state index contributed by atoms with van der Waals surface area (Å²) in [5.41, 5.74) is 4.88. The summed E-state index contributed by atoms with van der Waals surface area (Å²) in [7, 11) is 0. The monoisotopic (exact) mass is 299 g/mol. The fourth-order valence-corrected chi connectivity index (χ4v) is 1.72. The highest BCUT2D eigenvalue weighted by molar-refractivity contribution is 5.44. The number of nitrogens with zero attached hydrogens (tertiary/aromatic N) is 3. The first-order valence-corrected chi connectivity index (χ1v) is 6.25. The predicted octanol–water partition coefficient (Wildman–Crippen LogP) is 3.08. The zero-order valence-corrected chi connectivity index (χ0v) is 11.9. The molecule has 5 nitrogen and oxygen atoms in total. The third-order valence-corrected chi connectivity index (χ3v) is 2.54. The lowest BCUT2D eigenvalue weighted by molar-refractivity contribution is -0.137.